The molecule has 34 heavy (non-hydrogen) atoms. The van der Waals surface area contributed by atoms with Crippen LogP contribution in [-0.4, -0.2) is 22.3 Å². The van der Waals surface area contributed by atoms with Crippen LogP contribution in [0.3, 0.4) is 0 Å². The smallest absolute Gasteiger partial charge is 0.410 e. The summed E-state index contributed by atoms with van der Waals surface area (Å²) >= 11 is 0. The average Bonchev–Trinajstić information content (AvgIpc) is 3.14. The van der Waals surface area contributed by atoms with E-state index in [1.165, 1.54) is 0 Å². The van der Waals surface area contributed by atoms with E-state index in [0.717, 1.165) is 16.5 Å². The number of aryl methyl sites for hydroxylation is 2. The Morgan fingerprint density at radius 2 is 1.74 bits per heavy atom. The van der Waals surface area contributed by atoms with Gasteiger partial charge < -0.3 is 15.0 Å². The van der Waals surface area contributed by atoms with Crippen LogP contribution >= 0.6 is 12.4 Å². The topological polar surface area (TPSA) is 110 Å². The third-order valence-corrected chi connectivity index (χ3v) is 5.40. The quantitative estimate of drug-likeness (QED) is 0.191. The number of rotatable bonds is 7. The highest BCUT2D eigenvalue weighted by Gasteiger charge is 2.16. The highest BCUT2D eigenvalue weighted by atomic mass is 35.5. The molecule has 1 amide bonds. The van der Waals surface area contributed by atoms with Crippen LogP contribution < -0.4 is 15.8 Å². The third kappa shape index (κ3) is 5.63. The molecule has 0 saturated heterocycles. The highest BCUT2D eigenvalue weighted by molar-refractivity contribution is 6.08. The first-order chi connectivity index (χ1) is 15.9. The summed E-state index contributed by atoms with van der Waals surface area (Å²) in [6.07, 6.45) is 2.11. The molecule has 7 nitrogen and oxygen atoms in total. The fourth-order valence-corrected chi connectivity index (χ4v) is 3.67. The minimum atomic E-state index is -0.599. The van der Waals surface area contributed by atoms with Gasteiger partial charge in [-0.25, -0.2) is 4.79 Å². The van der Waals surface area contributed by atoms with Crippen LogP contribution in [0.25, 0.3) is 10.9 Å². The number of amidine groups is 1. The summed E-state index contributed by atoms with van der Waals surface area (Å²) in [5.74, 6) is 0.377. The Balaban J connectivity index is 0.00000324. The average molecular weight is 477 g/mol. The van der Waals surface area contributed by atoms with Crippen LogP contribution in [0, 0.1) is 5.41 Å². The lowest BCUT2D eigenvalue weighted by atomic mass is 10.0. The molecule has 0 bridgehead atoms. The lowest BCUT2D eigenvalue weighted by Gasteiger charge is -2.07. The molecule has 0 aliphatic carbocycles. The minimum Gasteiger partial charge on any atom is -0.410 e. The molecule has 0 aliphatic heterocycles. The van der Waals surface area contributed by atoms with E-state index in [1.807, 2.05) is 48.0 Å². The van der Waals surface area contributed by atoms with Gasteiger partial charge in [0, 0.05) is 47.4 Å². The predicted molar refractivity (Wildman–Crippen MR) is 136 cm³/mol. The molecule has 0 unspecified atom stereocenters. The van der Waals surface area contributed by atoms with Crippen molar-refractivity contribution in [2.45, 2.75) is 12.8 Å². The number of benzene rings is 3. The SMILES string of the molecule is Cl.Cn1cc(C(=O)CCc2ccc(C(=N)N)cc2)c2cc(OC(=O)Nc3ccccc3)ccc21. The number of nitrogen functional groups attached to an aromatic ring is 1. The summed E-state index contributed by atoms with van der Waals surface area (Å²) in [5, 5.41) is 10.9. The summed E-state index contributed by atoms with van der Waals surface area (Å²) in [6, 6.07) is 21.6. The summed E-state index contributed by atoms with van der Waals surface area (Å²) in [4.78, 5) is 25.2. The molecule has 0 saturated carbocycles. The van der Waals surface area contributed by atoms with E-state index < -0.39 is 6.09 Å². The van der Waals surface area contributed by atoms with Crippen molar-refractivity contribution < 1.29 is 14.3 Å². The molecule has 0 atom stereocenters. The maximum atomic E-state index is 13.0. The Hall–Kier alpha value is -4.10. The molecule has 4 N–H and O–H groups in total. The Morgan fingerprint density at radius 1 is 1.03 bits per heavy atom. The van der Waals surface area contributed by atoms with Crippen molar-refractivity contribution in [2.75, 3.05) is 5.32 Å². The monoisotopic (exact) mass is 476 g/mol. The number of Topliss-reactive ketones (excluding diaryl/α,β-unsaturated/α-hetero) is 1. The van der Waals surface area contributed by atoms with Crippen LogP contribution in [0.4, 0.5) is 10.5 Å². The van der Waals surface area contributed by atoms with Crippen molar-refractivity contribution in [2.24, 2.45) is 12.8 Å². The first-order valence-electron chi connectivity index (χ1n) is 10.5. The molecule has 0 spiro atoms. The largest absolute Gasteiger partial charge is 0.417 e. The van der Waals surface area contributed by atoms with Crippen LogP contribution in [0.2, 0.25) is 0 Å². The van der Waals surface area contributed by atoms with Crippen molar-refractivity contribution in [3.63, 3.8) is 0 Å². The molecule has 4 aromatic rings. The van der Waals surface area contributed by atoms with Crippen LogP contribution in [0.5, 0.6) is 5.75 Å². The van der Waals surface area contributed by atoms with Gasteiger partial charge in [0.2, 0.25) is 0 Å². The molecule has 174 valence electrons. The summed E-state index contributed by atoms with van der Waals surface area (Å²) < 4.78 is 7.32. The molecule has 4 rings (SSSR count). The zero-order chi connectivity index (χ0) is 23.4. The molecule has 0 fully saturated rings. The first kappa shape index (κ1) is 24.5. The fourth-order valence-electron chi connectivity index (χ4n) is 3.67. The molecule has 1 aromatic heterocycles. The normalized spacial score (nSPS) is 10.4. The first-order valence-corrected chi connectivity index (χ1v) is 10.5. The van der Waals surface area contributed by atoms with Gasteiger partial charge in [0.05, 0.1) is 0 Å². The van der Waals surface area contributed by atoms with Crippen LogP contribution in [-0.2, 0) is 13.5 Å². The van der Waals surface area contributed by atoms with Gasteiger partial charge in [-0.2, -0.15) is 0 Å². The van der Waals surface area contributed by atoms with Gasteiger partial charge in [0.25, 0.3) is 0 Å². The molecule has 1 heterocycles. The number of nitrogens with two attached hydrogens (primary N) is 1. The van der Waals surface area contributed by atoms with E-state index in [2.05, 4.69) is 5.32 Å². The van der Waals surface area contributed by atoms with Crippen molar-refractivity contribution in [1.29, 1.82) is 5.41 Å². The number of nitrogens with one attached hydrogen (secondary N) is 2. The Labute approximate surface area is 203 Å². The van der Waals surface area contributed by atoms with Crippen molar-refractivity contribution in [1.82, 2.24) is 4.57 Å². The lowest BCUT2D eigenvalue weighted by Crippen LogP contribution is -2.16. The van der Waals surface area contributed by atoms with E-state index in [1.54, 1.807) is 42.6 Å². The predicted octanol–water partition coefficient (Wildman–Crippen LogP) is 5.31. The number of anilines is 1. The molecular formula is C26H25ClN4O3. The van der Waals surface area contributed by atoms with E-state index in [-0.39, 0.29) is 24.0 Å². The fraction of sp³-hybridized carbons (Fsp3) is 0.115. The molecule has 8 heteroatoms. The van der Waals surface area contributed by atoms with Gasteiger partial charge in [-0.1, -0.05) is 42.5 Å². The number of ketones is 1. The standard InChI is InChI=1S/C26H24N4O3.ClH/c1-30-16-22(24(31)14-9-17-7-10-18(11-8-17)25(27)28)21-15-20(12-13-23(21)30)33-26(32)29-19-5-3-2-4-6-19;/h2-8,10-13,15-16H,9,14H2,1H3,(H3,27,28)(H,29,32);1H. The number of hydrogen-bond donors (Lipinski definition) is 3. The summed E-state index contributed by atoms with van der Waals surface area (Å²) in [6.45, 7) is 0. The van der Waals surface area contributed by atoms with Crippen molar-refractivity contribution in [3.8, 4) is 5.75 Å². The van der Waals surface area contributed by atoms with E-state index >= 15 is 0 Å². The van der Waals surface area contributed by atoms with E-state index in [4.69, 9.17) is 15.9 Å². The second-order valence-corrected chi connectivity index (χ2v) is 7.75. The van der Waals surface area contributed by atoms with Gasteiger partial charge in [-0.3, -0.25) is 15.5 Å². The second kappa shape index (κ2) is 10.7. The number of ether oxygens (including phenoxy) is 1. The van der Waals surface area contributed by atoms with Crippen molar-refractivity contribution >= 4 is 46.7 Å². The number of halogens is 1. The van der Waals surface area contributed by atoms with Crippen LogP contribution in [0.1, 0.15) is 27.9 Å². The van der Waals surface area contributed by atoms with Gasteiger partial charge in [0.1, 0.15) is 11.6 Å². The number of carbonyl (C=O) groups excluding carboxylic acids is 2. The van der Waals surface area contributed by atoms with Gasteiger partial charge >= 0.3 is 6.09 Å². The Morgan fingerprint density at radius 3 is 2.41 bits per heavy atom. The zero-order valence-electron chi connectivity index (χ0n) is 18.6. The molecule has 0 radical (unpaired) electrons. The number of para-hydroxylation sites is 1. The Kier molecular flexibility index (Phi) is 7.71. The second-order valence-electron chi connectivity index (χ2n) is 7.75. The number of nitrogens with zero attached hydrogens (tertiary/aromatic N) is 1. The molecular weight excluding hydrogens is 452 g/mol. The maximum absolute atomic E-state index is 13.0. The molecule has 0 aliphatic rings. The number of hydrogen-bond acceptors (Lipinski definition) is 4. The van der Waals surface area contributed by atoms with Crippen molar-refractivity contribution in [3.05, 3.63) is 95.7 Å². The van der Waals surface area contributed by atoms with Gasteiger partial charge in [-0.05, 0) is 42.3 Å². The maximum Gasteiger partial charge on any atom is 0.417 e. The highest BCUT2D eigenvalue weighted by Crippen LogP contribution is 2.27. The number of aromatic nitrogens is 1. The van der Waals surface area contributed by atoms with E-state index in [0.29, 0.717) is 35.4 Å². The third-order valence-electron chi connectivity index (χ3n) is 5.40. The lowest BCUT2D eigenvalue weighted by molar-refractivity contribution is 0.0984. The van der Waals surface area contributed by atoms with Gasteiger partial charge in [0.15, 0.2) is 5.78 Å². The number of amides is 1. The van der Waals surface area contributed by atoms with Crippen LogP contribution in [0.15, 0.2) is 79.0 Å². The molecule has 3 aromatic carbocycles. The number of fused-ring (bicyclic) bond motifs is 1. The zero-order valence-corrected chi connectivity index (χ0v) is 19.4. The minimum absolute atomic E-state index is 0. The summed E-state index contributed by atoms with van der Waals surface area (Å²) in [7, 11) is 1.88. The Bertz CT molecular complexity index is 1330. The number of carbonyl (C=O) groups is 2. The van der Waals surface area contributed by atoms with E-state index in [9.17, 15) is 9.59 Å². The van der Waals surface area contributed by atoms with Gasteiger partial charge in [-0.15, -0.1) is 12.4 Å². The summed E-state index contributed by atoms with van der Waals surface area (Å²) in [5.41, 5.74) is 9.24.